The molecule has 0 radical (unpaired) electrons. The van der Waals surface area contributed by atoms with Gasteiger partial charge in [-0.2, -0.15) is 0 Å². The van der Waals surface area contributed by atoms with Gasteiger partial charge in [-0.05, 0) is 18.6 Å². The van der Waals surface area contributed by atoms with Crippen molar-refractivity contribution in [1.82, 2.24) is 9.97 Å². The predicted octanol–water partition coefficient (Wildman–Crippen LogP) is 2.25. The van der Waals surface area contributed by atoms with Gasteiger partial charge >= 0.3 is 11.6 Å². The summed E-state index contributed by atoms with van der Waals surface area (Å²) in [7, 11) is 0. The number of ether oxygens (including phenoxy) is 1. The van der Waals surface area contributed by atoms with Crippen LogP contribution in [0.4, 0.5) is 0 Å². The van der Waals surface area contributed by atoms with Gasteiger partial charge in [0.1, 0.15) is 12.2 Å². The molecule has 0 aliphatic rings. The molecule has 2 heterocycles. The lowest BCUT2D eigenvalue weighted by atomic mass is 10.1. The molecule has 22 heavy (non-hydrogen) atoms. The van der Waals surface area contributed by atoms with E-state index in [0.29, 0.717) is 11.1 Å². The molecule has 0 amide bonds. The normalized spacial score (nSPS) is 10.6. The van der Waals surface area contributed by atoms with E-state index in [0.717, 1.165) is 10.9 Å². The van der Waals surface area contributed by atoms with Crippen LogP contribution in [0.5, 0.6) is 0 Å². The van der Waals surface area contributed by atoms with E-state index in [1.165, 1.54) is 24.7 Å². The van der Waals surface area contributed by atoms with Crippen molar-refractivity contribution in [3.63, 3.8) is 0 Å². The smallest absolute Gasteiger partial charge is 0.358 e. The lowest BCUT2D eigenvalue weighted by Gasteiger charge is -2.07. The molecule has 0 bridgehead atoms. The fraction of sp³-hybridized carbons (Fsp3) is 0.125. The Morgan fingerprint density at radius 2 is 2.14 bits per heavy atom. The molecule has 0 saturated carbocycles. The molecule has 3 aromatic rings. The highest BCUT2D eigenvalue weighted by Crippen LogP contribution is 2.19. The minimum absolute atomic E-state index is 0.0411. The monoisotopic (exact) mass is 296 g/mol. The quantitative estimate of drug-likeness (QED) is 0.544. The average molecular weight is 296 g/mol. The molecule has 6 nitrogen and oxygen atoms in total. The number of hydrogen-bond donors (Lipinski definition) is 0. The number of benzene rings is 1. The maximum absolute atomic E-state index is 11.9. The van der Waals surface area contributed by atoms with E-state index in [1.807, 2.05) is 19.1 Å². The Labute approximate surface area is 125 Å². The van der Waals surface area contributed by atoms with Crippen molar-refractivity contribution >= 4 is 16.9 Å². The topological polar surface area (TPSA) is 82.3 Å². The lowest BCUT2D eigenvalue weighted by Crippen LogP contribution is -2.09. The van der Waals surface area contributed by atoms with E-state index in [4.69, 9.17) is 9.15 Å². The van der Waals surface area contributed by atoms with Crippen molar-refractivity contribution < 1.29 is 13.9 Å². The van der Waals surface area contributed by atoms with Gasteiger partial charge in [0.2, 0.25) is 0 Å². The third-order valence-electron chi connectivity index (χ3n) is 3.12. The van der Waals surface area contributed by atoms with Gasteiger partial charge in [0.15, 0.2) is 5.69 Å². The van der Waals surface area contributed by atoms with Crippen molar-refractivity contribution in [3.05, 3.63) is 70.1 Å². The Bertz CT molecular complexity index is 888. The Morgan fingerprint density at radius 1 is 1.27 bits per heavy atom. The number of aryl methyl sites for hydroxylation is 1. The van der Waals surface area contributed by atoms with Gasteiger partial charge in [-0.25, -0.2) is 14.6 Å². The van der Waals surface area contributed by atoms with Crippen molar-refractivity contribution in [3.8, 4) is 0 Å². The van der Waals surface area contributed by atoms with Gasteiger partial charge in [-0.3, -0.25) is 4.98 Å². The van der Waals surface area contributed by atoms with Crippen LogP contribution in [0.3, 0.4) is 0 Å². The summed E-state index contributed by atoms with van der Waals surface area (Å²) in [6.07, 6.45) is 4.20. The van der Waals surface area contributed by atoms with Crippen LogP contribution in [-0.2, 0) is 11.3 Å². The van der Waals surface area contributed by atoms with Crippen LogP contribution in [0, 0.1) is 6.92 Å². The highest BCUT2D eigenvalue weighted by atomic mass is 16.5. The Balaban J connectivity index is 1.88. The number of hydrogen-bond acceptors (Lipinski definition) is 6. The summed E-state index contributed by atoms with van der Waals surface area (Å²) in [5, 5.41) is 0.733. The second-order valence-electron chi connectivity index (χ2n) is 4.76. The minimum Gasteiger partial charge on any atom is -0.456 e. The summed E-state index contributed by atoms with van der Waals surface area (Å²) in [5.74, 6) is -0.596. The van der Waals surface area contributed by atoms with Crippen molar-refractivity contribution in [2.45, 2.75) is 13.5 Å². The van der Waals surface area contributed by atoms with Gasteiger partial charge in [-0.1, -0.05) is 12.1 Å². The first-order valence-electron chi connectivity index (χ1n) is 6.60. The molecule has 0 N–H and O–H groups in total. The summed E-state index contributed by atoms with van der Waals surface area (Å²) in [5.41, 5.74) is 1.67. The summed E-state index contributed by atoms with van der Waals surface area (Å²) >= 11 is 0. The van der Waals surface area contributed by atoms with E-state index in [2.05, 4.69) is 9.97 Å². The molecule has 1 aromatic carbocycles. The number of carbonyl (C=O) groups is 1. The molecule has 6 heteroatoms. The molecule has 0 aliphatic carbocycles. The molecule has 0 unspecified atom stereocenters. The summed E-state index contributed by atoms with van der Waals surface area (Å²) in [6.45, 7) is 1.86. The number of nitrogens with zero attached hydrogens (tertiary/aromatic N) is 2. The third kappa shape index (κ3) is 2.85. The maximum Gasteiger partial charge on any atom is 0.358 e. The first kappa shape index (κ1) is 13.9. The highest BCUT2D eigenvalue weighted by Gasteiger charge is 2.11. The first-order chi connectivity index (χ1) is 10.6. The zero-order valence-corrected chi connectivity index (χ0v) is 11.8. The molecule has 0 spiro atoms. The van der Waals surface area contributed by atoms with E-state index >= 15 is 0 Å². The zero-order valence-electron chi connectivity index (χ0n) is 11.8. The molecule has 3 rings (SSSR count). The van der Waals surface area contributed by atoms with Gasteiger partial charge in [0.05, 0.1) is 6.20 Å². The fourth-order valence-corrected chi connectivity index (χ4v) is 2.08. The summed E-state index contributed by atoms with van der Waals surface area (Å²) in [6, 6.07) is 6.82. The molecule has 0 aliphatic heterocycles. The second-order valence-corrected chi connectivity index (χ2v) is 4.76. The fourth-order valence-electron chi connectivity index (χ4n) is 2.08. The Morgan fingerprint density at radius 3 is 2.91 bits per heavy atom. The maximum atomic E-state index is 11.9. The van der Waals surface area contributed by atoms with E-state index in [9.17, 15) is 9.59 Å². The molecular formula is C16H12N2O4. The van der Waals surface area contributed by atoms with Crippen molar-refractivity contribution in [2.75, 3.05) is 0 Å². The predicted molar refractivity (Wildman–Crippen MR) is 78.4 cm³/mol. The standard InChI is InChI=1S/C16H12N2O4/c1-10-2-3-12-11(7-15(19)22-14(12)6-10)9-21-16(20)13-8-17-4-5-18-13/h2-8H,9H2,1H3. The van der Waals surface area contributed by atoms with E-state index in [1.54, 1.807) is 6.07 Å². The molecule has 0 atom stereocenters. The SMILES string of the molecule is Cc1ccc2c(COC(=O)c3cnccn3)cc(=O)oc2c1. The van der Waals surface area contributed by atoms with E-state index < -0.39 is 11.6 Å². The van der Waals surface area contributed by atoms with Crippen LogP contribution < -0.4 is 5.63 Å². The number of esters is 1. The van der Waals surface area contributed by atoms with Gasteiger partial charge in [0.25, 0.3) is 0 Å². The number of aromatic nitrogens is 2. The van der Waals surface area contributed by atoms with Crippen LogP contribution in [0.15, 0.2) is 52.1 Å². The van der Waals surface area contributed by atoms with Crippen LogP contribution in [0.25, 0.3) is 11.0 Å². The highest BCUT2D eigenvalue weighted by molar-refractivity contribution is 5.87. The number of fused-ring (bicyclic) bond motifs is 1. The van der Waals surface area contributed by atoms with Gasteiger partial charge in [-0.15, -0.1) is 0 Å². The largest absolute Gasteiger partial charge is 0.456 e. The minimum atomic E-state index is -0.596. The van der Waals surface area contributed by atoms with Crippen LogP contribution in [0.2, 0.25) is 0 Å². The van der Waals surface area contributed by atoms with Crippen molar-refractivity contribution in [1.29, 1.82) is 0 Å². The Hall–Kier alpha value is -3.02. The third-order valence-corrected chi connectivity index (χ3v) is 3.12. The van der Waals surface area contributed by atoms with Gasteiger partial charge in [0, 0.05) is 29.4 Å². The second kappa shape index (κ2) is 5.77. The van der Waals surface area contributed by atoms with Gasteiger partial charge < -0.3 is 9.15 Å². The first-order valence-corrected chi connectivity index (χ1v) is 6.60. The number of carbonyl (C=O) groups excluding carboxylic acids is 1. The lowest BCUT2D eigenvalue weighted by molar-refractivity contribution is 0.0466. The molecule has 110 valence electrons. The Kier molecular flexibility index (Phi) is 3.65. The molecular weight excluding hydrogens is 284 g/mol. The number of rotatable bonds is 3. The van der Waals surface area contributed by atoms with Crippen molar-refractivity contribution in [2.24, 2.45) is 0 Å². The summed E-state index contributed by atoms with van der Waals surface area (Å²) < 4.78 is 10.3. The molecule has 2 aromatic heterocycles. The molecule has 0 saturated heterocycles. The zero-order chi connectivity index (χ0) is 15.5. The van der Waals surface area contributed by atoms with E-state index in [-0.39, 0.29) is 12.3 Å². The van der Waals surface area contributed by atoms with Crippen LogP contribution in [-0.4, -0.2) is 15.9 Å². The molecule has 0 fully saturated rings. The summed E-state index contributed by atoms with van der Waals surface area (Å²) in [4.78, 5) is 31.1. The van der Waals surface area contributed by atoms with Crippen LogP contribution >= 0.6 is 0 Å². The average Bonchev–Trinajstić information content (AvgIpc) is 2.52. The van der Waals surface area contributed by atoms with Crippen LogP contribution in [0.1, 0.15) is 21.6 Å².